The van der Waals surface area contributed by atoms with Crippen molar-refractivity contribution >= 4 is 0 Å². The number of aliphatic hydroxyl groups is 1. The first-order valence-electron chi connectivity index (χ1n) is 1.56. The molecule has 2 atom stereocenters. The van der Waals surface area contributed by atoms with E-state index in [1.165, 1.54) is 0 Å². The summed E-state index contributed by atoms with van der Waals surface area (Å²) in [5, 5.41) is 8.30. The maximum absolute atomic E-state index is 8.30. The summed E-state index contributed by atoms with van der Waals surface area (Å²) >= 11 is 0. The first-order chi connectivity index (χ1) is 2.30. The SMILES string of the molecule is [CH2]N1CC1O. The Morgan fingerprint density at radius 2 is 2.20 bits per heavy atom. The van der Waals surface area contributed by atoms with Crippen LogP contribution in [0.2, 0.25) is 0 Å². The van der Waals surface area contributed by atoms with Crippen LogP contribution in [0.4, 0.5) is 0 Å². The fraction of sp³-hybridized carbons (Fsp3) is 0.667. The van der Waals surface area contributed by atoms with E-state index in [1.54, 1.807) is 4.90 Å². The Bertz CT molecular complexity index is 40.2. The van der Waals surface area contributed by atoms with Gasteiger partial charge in [-0.3, -0.25) is 4.90 Å². The van der Waals surface area contributed by atoms with Gasteiger partial charge < -0.3 is 5.11 Å². The molecule has 0 amide bonds. The second-order valence-electron chi connectivity index (χ2n) is 1.25. The summed E-state index contributed by atoms with van der Waals surface area (Å²) in [6.45, 7) is 0.750. The third-order valence-electron chi connectivity index (χ3n) is 0.686. The molecule has 5 heavy (non-hydrogen) atoms. The molecule has 0 aromatic carbocycles. The Morgan fingerprint density at radius 1 is 2.00 bits per heavy atom. The molecule has 1 radical (unpaired) electrons. The van der Waals surface area contributed by atoms with Gasteiger partial charge in [0.25, 0.3) is 0 Å². The van der Waals surface area contributed by atoms with Gasteiger partial charge in [0, 0.05) is 13.6 Å². The quantitative estimate of drug-likeness (QED) is 0.387. The molecular weight excluding hydrogens is 66.0 g/mol. The van der Waals surface area contributed by atoms with E-state index in [-0.39, 0.29) is 6.23 Å². The lowest BCUT2D eigenvalue weighted by molar-refractivity contribution is 0.232. The number of rotatable bonds is 0. The minimum absolute atomic E-state index is 0.227. The zero-order valence-corrected chi connectivity index (χ0v) is 2.89. The molecule has 1 saturated heterocycles. The fourth-order valence-electron chi connectivity index (χ4n) is 0.163. The average molecular weight is 72.1 g/mol. The van der Waals surface area contributed by atoms with E-state index in [0.717, 1.165) is 6.54 Å². The monoisotopic (exact) mass is 72.0 g/mol. The molecule has 0 saturated carbocycles. The van der Waals surface area contributed by atoms with Crippen LogP contribution in [0.5, 0.6) is 0 Å². The third kappa shape index (κ3) is 0.412. The highest BCUT2D eigenvalue weighted by Gasteiger charge is 2.25. The number of nitrogens with zero attached hydrogens (tertiary/aromatic N) is 1. The van der Waals surface area contributed by atoms with Crippen LogP contribution in [0.25, 0.3) is 0 Å². The predicted octanol–water partition coefficient (Wildman–Crippen LogP) is -0.588. The molecular formula is C3H6NO. The summed E-state index contributed by atoms with van der Waals surface area (Å²) < 4.78 is 0. The molecule has 2 heteroatoms. The summed E-state index contributed by atoms with van der Waals surface area (Å²) in [5.74, 6) is 0. The van der Waals surface area contributed by atoms with Crippen molar-refractivity contribution in [3.63, 3.8) is 0 Å². The highest BCUT2D eigenvalue weighted by atomic mass is 16.3. The first-order valence-corrected chi connectivity index (χ1v) is 1.56. The van der Waals surface area contributed by atoms with Crippen molar-refractivity contribution in [2.75, 3.05) is 6.54 Å². The highest BCUT2D eigenvalue weighted by molar-refractivity contribution is 4.76. The number of β-amino-alcohol motifs (C(OH)–C–C–N with tert-alkyl or cyclic N) is 1. The minimum atomic E-state index is -0.227. The Hall–Kier alpha value is -0.0800. The van der Waals surface area contributed by atoms with Crippen LogP contribution in [-0.4, -0.2) is 22.8 Å². The van der Waals surface area contributed by atoms with Gasteiger partial charge in [-0.25, -0.2) is 0 Å². The average Bonchev–Trinajstić information content (AvgIpc) is 1.79. The van der Waals surface area contributed by atoms with E-state index < -0.39 is 0 Å². The van der Waals surface area contributed by atoms with Gasteiger partial charge in [-0.15, -0.1) is 0 Å². The molecule has 2 unspecified atom stereocenters. The topological polar surface area (TPSA) is 23.2 Å². The van der Waals surface area contributed by atoms with Crippen LogP contribution < -0.4 is 0 Å². The van der Waals surface area contributed by atoms with Crippen molar-refractivity contribution in [2.45, 2.75) is 6.23 Å². The zero-order chi connectivity index (χ0) is 3.86. The molecule has 29 valence electrons. The summed E-state index contributed by atoms with van der Waals surface area (Å²) in [7, 11) is 3.41. The molecule has 0 aliphatic carbocycles. The highest BCUT2D eigenvalue weighted by Crippen LogP contribution is 2.08. The summed E-state index contributed by atoms with van der Waals surface area (Å²) in [4.78, 5) is 1.60. The van der Waals surface area contributed by atoms with Gasteiger partial charge in [0.2, 0.25) is 0 Å². The molecule has 1 aliphatic rings. The smallest absolute Gasteiger partial charge is 0.120 e. The summed E-state index contributed by atoms with van der Waals surface area (Å²) in [6, 6.07) is 0. The first kappa shape index (κ1) is 3.12. The molecule has 1 heterocycles. The Labute approximate surface area is 31.0 Å². The second-order valence-corrected chi connectivity index (χ2v) is 1.25. The van der Waals surface area contributed by atoms with Crippen molar-refractivity contribution in [2.24, 2.45) is 0 Å². The van der Waals surface area contributed by atoms with Gasteiger partial charge in [-0.05, 0) is 0 Å². The van der Waals surface area contributed by atoms with Crippen LogP contribution in [0.3, 0.4) is 0 Å². The molecule has 1 fully saturated rings. The maximum Gasteiger partial charge on any atom is 0.120 e. The van der Waals surface area contributed by atoms with E-state index in [2.05, 4.69) is 7.05 Å². The predicted molar refractivity (Wildman–Crippen MR) is 18.1 cm³/mol. The Kier molecular flexibility index (Phi) is 0.436. The second kappa shape index (κ2) is 0.698. The van der Waals surface area contributed by atoms with Gasteiger partial charge in [-0.1, -0.05) is 0 Å². The molecule has 1 aliphatic heterocycles. The van der Waals surface area contributed by atoms with Crippen LogP contribution in [-0.2, 0) is 0 Å². The molecule has 1 N–H and O–H groups in total. The fourth-order valence-corrected chi connectivity index (χ4v) is 0.163. The lowest BCUT2D eigenvalue weighted by Crippen LogP contribution is -1.84. The molecule has 2 nitrogen and oxygen atoms in total. The number of hydrogen-bond donors (Lipinski definition) is 1. The molecule has 0 aromatic heterocycles. The van der Waals surface area contributed by atoms with Gasteiger partial charge in [0.05, 0.1) is 0 Å². The van der Waals surface area contributed by atoms with Crippen molar-refractivity contribution in [1.29, 1.82) is 0 Å². The third-order valence-corrected chi connectivity index (χ3v) is 0.686. The van der Waals surface area contributed by atoms with Crippen molar-refractivity contribution < 1.29 is 5.11 Å². The van der Waals surface area contributed by atoms with E-state index >= 15 is 0 Å². The van der Waals surface area contributed by atoms with Gasteiger partial charge in [0.15, 0.2) is 0 Å². The standard InChI is InChI=1S/C3H6NO/c1-4-2-3(4)5/h3,5H,1-2H2. The maximum atomic E-state index is 8.30. The Balaban J connectivity index is 2.20. The largest absolute Gasteiger partial charge is 0.377 e. The molecule has 0 aromatic rings. The molecule has 0 spiro atoms. The van der Waals surface area contributed by atoms with Crippen molar-refractivity contribution in [3.05, 3.63) is 7.05 Å². The van der Waals surface area contributed by atoms with Crippen molar-refractivity contribution in [1.82, 2.24) is 4.90 Å². The van der Waals surface area contributed by atoms with Gasteiger partial charge in [0.1, 0.15) is 6.23 Å². The van der Waals surface area contributed by atoms with Crippen LogP contribution in [0.1, 0.15) is 0 Å². The molecule has 1 rings (SSSR count). The molecule has 0 bridgehead atoms. The summed E-state index contributed by atoms with van der Waals surface area (Å²) in [5.41, 5.74) is 0. The van der Waals surface area contributed by atoms with Crippen LogP contribution >= 0.6 is 0 Å². The van der Waals surface area contributed by atoms with E-state index in [1.807, 2.05) is 0 Å². The number of aliphatic hydroxyl groups excluding tert-OH is 1. The lowest BCUT2D eigenvalue weighted by atomic mass is 10.9. The lowest BCUT2D eigenvalue weighted by Gasteiger charge is -1.74. The Morgan fingerprint density at radius 3 is 2.20 bits per heavy atom. The zero-order valence-electron chi connectivity index (χ0n) is 2.89. The number of hydrogen-bond acceptors (Lipinski definition) is 2. The minimum Gasteiger partial charge on any atom is -0.377 e. The van der Waals surface area contributed by atoms with Crippen molar-refractivity contribution in [3.8, 4) is 0 Å². The summed E-state index contributed by atoms with van der Waals surface area (Å²) in [6.07, 6.45) is -0.227. The van der Waals surface area contributed by atoms with E-state index in [4.69, 9.17) is 5.11 Å². The van der Waals surface area contributed by atoms with Gasteiger partial charge in [-0.2, -0.15) is 0 Å². The van der Waals surface area contributed by atoms with Crippen LogP contribution in [0.15, 0.2) is 0 Å². The normalized spacial score (nSPS) is 49.2. The van der Waals surface area contributed by atoms with E-state index in [0.29, 0.717) is 0 Å². The van der Waals surface area contributed by atoms with Gasteiger partial charge >= 0.3 is 0 Å². The van der Waals surface area contributed by atoms with E-state index in [9.17, 15) is 0 Å². The van der Waals surface area contributed by atoms with Crippen LogP contribution in [0, 0.1) is 7.05 Å².